The van der Waals surface area contributed by atoms with Crippen molar-refractivity contribution in [1.29, 1.82) is 0 Å². The summed E-state index contributed by atoms with van der Waals surface area (Å²) in [6.45, 7) is 6.30. The van der Waals surface area contributed by atoms with Crippen LogP contribution in [-0.4, -0.2) is 23.8 Å². The Labute approximate surface area is 107 Å². The van der Waals surface area contributed by atoms with Gasteiger partial charge in [0, 0.05) is 12.0 Å². The maximum atomic E-state index is 12.0. The number of nitrogens with zero attached hydrogens (tertiary/aromatic N) is 1. The van der Waals surface area contributed by atoms with Crippen LogP contribution in [0.25, 0.3) is 0 Å². The van der Waals surface area contributed by atoms with Gasteiger partial charge in [-0.05, 0) is 32.9 Å². The average Bonchev–Trinajstić information content (AvgIpc) is 2.67. The minimum absolute atomic E-state index is 0.0759. The molecule has 1 heterocycles. The molecule has 2 rings (SSSR count). The van der Waals surface area contributed by atoms with Crippen molar-refractivity contribution in [2.75, 3.05) is 6.54 Å². The Morgan fingerprint density at radius 2 is 2.28 bits per heavy atom. The first-order valence-electron chi connectivity index (χ1n) is 6.05. The van der Waals surface area contributed by atoms with Crippen molar-refractivity contribution in [3.05, 3.63) is 35.4 Å². The quantitative estimate of drug-likeness (QED) is 0.889. The van der Waals surface area contributed by atoms with Crippen LogP contribution in [0.3, 0.4) is 0 Å². The Bertz CT molecular complexity index is 496. The first-order valence-corrected chi connectivity index (χ1v) is 6.05. The van der Waals surface area contributed by atoms with Gasteiger partial charge in [-0.3, -0.25) is 4.79 Å². The second-order valence-corrected chi connectivity index (χ2v) is 5.10. The van der Waals surface area contributed by atoms with Crippen molar-refractivity contribution >= 4 is 11.6 Å². The summed E-state index contributed by atoms with van der Waals surface area (Å²) in [5.41, 5.74) is 2.30. The summed E-state index contributed by atoms with van der Waals surface area (Å²) < 4.78 is 0. The van der Waals surface area contributed by atoms with E-state index in [0.717, 1.165) is 17.7 Å². The smallest absolute Gasteiger partial charge is 0.251 e. The van der Waals surface area contributed by atoms with E-state index in [2.05, 4.69) is 10.5 Å². The minimum Gasteiger partial charge on any atom is -0.387 e. The van der Waals surface area contributed by atoms with E-state index in [4.69, 9.17) is 4.84 Å². The van der Waals surface area contributed by atoms with Crippen molar-refractivity contribution in [3.63, 3.8) is 0 Å². The molecule has 1 aromatic carbocycles. The summed E-state index contributed by atoms with van der Waals surface area (Å²) in [5, 5.41) is 6.81. The van der Waals surface area contributed by atoms with Gasteiger partial charge in [0.25, 0.3) is 5.91 Å². The zero-order chi connectivity index (χ0) is 13.2. The Morgan fingerprint density at radius 1 is 1.50 bits per heavy atom. The SMILES string of the molecule is CC1=NOC(C)(CNC(=O)c2cccc(C)c2)C1. The molecule has 0 saturated heterocycles. The highest BCUT2D eigenvalue weighted by molar-refractivity contribution is 5.94. The number of hydrogen-bond donors (Lipinski definition) is 1. The van der Waals surface area contributed by atoms with Gasteiger partial charge in [0.2, 0.25) is 0 Å². The van der Waals surface area contributed by atoms with Crippen LogP contribution in [0.4, 0.5) is 0 Å². The van der Waals surface area contributed by atoms with Gasteiger partial charge >= 0.3 is 0 Å². The number of amides is 1. The lowest BCUT2D eigenvalue weighted by atomic mass is 10.0. The molecule has 0 saturated carbocycles. The molecule has 1 unspecified atom stereocenters. The van der Waals surface area contributed by atoms with E-state index in [9.17, 15) is 4.79 Å². The first-order chi connectivity index (χ1) is 8.48. The zero-order valence-electron chi connectivity index (χ0n) is 11.0. The molecule has 96 valence electrons. The van der Waals surface area contributed by atoms with E-state index in [-0.39, 0.29) is 5.91 Å². The van der Waals surface area contributed by atoms with Gasteiger partial charge in [0.05, 0.1) is 12.3 Å². The number of benzene rings is 1. The Morgan fingerprint density at radius 3 is 2.89 bits per heavy atom. The molecule has 1 aromatic rings. The highest BCUT2D eigenvalue weighted by Crippen LogP contribution is 2.22. The van der Waals surface area contributed by atoms with E-state index in [1.807, 2.05) is 45.0 Å². The molecule has 18 heavy (non-hydrogen) atoms. The summed E-state index contributed by atoms with van der Waals surface area (Å²) in [6.07, 6.45) is 0.751. The predicted octanol–water partition coefficient (Wildman–Crippen LogP) is 2.28. The van der Waals surface area contributed by atoms with Crippen LogP contribution in [-0.2, 0) is 4.84 Å². The van der Waals surface area contributed by atoms with Gasteiger partial charge in [-0.2, -0.15) is 0 Å². The summed E-state index contributed by atoms with van der Waals surface area (Å²) in [6, 6.07) is 7.53. The topological polar surface area (TPSA) is 50.7 Å². The lowest BCUT2D eigenvalue weighted by Gasteiger charge is -2.21. The van der Waals surface area contributed by atoms with Gasteiger partial charge in [0.1, 0.15) is 0 Å². The third-order valence-corrected chi connectivity index (χ3v) is 2.95. The molecule has 0 fully saturated rings. The zero-order valence-corrected chi connectivity index (χ0v) is 11.0. The van der Waals surface area contributed by atoms with Crippen LogP contribution in [0.2, 0.25) is 0 Å². The van der Waals surface area contributed by atoms with Crippen molar-refractivity contribution in [1.82, 2.24) is 5.32 Å². The number of carbonyl (C=O) groups is 1. The van der Waals surface area contributed by atoms with Crippen molar-refractivity contribution in [2.24, 2.45) is 5.16 Å². The lowest BCUT2D eigenvalue weighted by molar-refractivity contribution is -0.00181. The molecular weight excluding hydrogens is 228 g/mol. The monoisotopic (exact) mass is 246 g/mol. The molecule has 1 aliphatic rings. The largest absolute Gasteiger partial charge is 0.387 e. The molecule has 1 amide bonds. The number of oxime groups is 1. The van der Waals surface area contributed by atoms with E-state index < -0.39 is 5.60 Å². The van der Waals surface area contributed by atoms with Gasteiger partial charge in [-0.15, -0.1) is 0 Å². The van der Waals surface area contributed by atoms with Crippen LogP contribution < -0.4 is 5.32 Å². The van der Waals surface area contributed by atoms with Crippen molar-refractivity contribution in [2.45, 2.75) is 32.8 Å². The number of rotatable bonds is 3. The summed E-state index contributed by atoms with van der Waals surface area (Å²) in [7, 11) is 0. The number of nitrogens with one attached hydrogen (secondary N) is 1. The minimum atomic E-state index is -0.413. The number of aryl methyl sites for hydroxylation is 1. The van der Waals surface area contributed by atoms with Crippen LogP contribution in [0.15, 0.2) is 29.4 Å². The second kappa shape index (κ2) is 4.80. The molecule has 1 aliphatic heterocycles. The summed E-state index contributed by atoms with van der Waals surface area (Å²) in [4.78, 5) is 17.3. The summed E-state index contributed by atoms with van der Waals surface area (Å²) >= 11 is 0. The van der Waals surface area contributed by atoms with Gasteiger partial charge < -0.3 is 10.2 Å². The standard InChI is InChI=1S/C14H18N2O2/c1-10-5-4-6-12(7-10)13(17)15-9-14(3)8-11(2)16-18-14/h4-7H,8-9H2,1-3H3,(H,15,17). The van der Waals surface area contributed by atoms with Crippen LogP contribution >= 0.6 is 0 Å². The van der Waals surface area contributed by atoms with Gasteiger partial charge in [-0.25, -0.2) is 0 Å². The number of hydrogen-bond acceptors (Lipinski definition) is 3. The van der Waals surface area contributed by atoms with E-state index in [1.165, 1.54) is 0 Å². The Hall–Kier alpha value is -1.84. The van der Waals surface area contributed by atoms with E-state index >= 15 is 0 Å². The molecule has 0 bridgehead atoms. The van der Waals surface area contributed by atoms with Crippen molar-refractivity contribution in [3.8, 4) is 0 Å². The number of carbonyl (C=O) groups excluding carboxylic acids is 1. The molecule has 0 aromatic heterocycles. The molecule has 1 N–H and O–H groups in total. The molecular formula is C14H18N2O2. The Kier molecular flexibility index (Phi) is 3.36. The molecule has 4 nitrogen and oxygen atoms in total. The van der Waals surface area contributed by atoms with Gasteiger partial charge in [0.15, 0.2) is 5.60 Å². The van der Waals surface area contributed by atoms with Crippen LogP contribution in [0.5, 0.6) is 0 Å². The second-order valence-electron chi connectivity index (χ2n) is 5.10. The maximum Gasteiger partial charge on any atom is 0.251 e. The third-order valence-electron chi connectivity index (χ3n) is 2.95. The van der Waals surface area contributed by atoms with Crippen LogP contribution in [0.1, 0.15) is 36.2 Å². The molecule has 0 radical (unpaired) electrons. The summed E-state index contributed by atoms with van der Waals surface area (Å²) in [5.74, 6) is -0.0759. The van der Waals surface area contributed by atoms with Crippen molar-refractivity contribution < 1.29 is 9.63 Å². The fourth-order valence-electron chi connectivity index (χ4n) is 2.04. The highest BCUT2D eigenvalue weighted by Gasteiger charge is 2.32. The molecule has 0 spiro atoms. The fraction of sp³-hybridized carbons (Fsp3) is 0.429. The highest BCUT2D eigenvalue weighted by atomic mass is 16.7. The van der Waals surface area contributed by atoms with Gasteiger partial charge in [-0.1, -0.05) is 22.9 Å². The molecule has 0 aliphatic carbocycles. The predicted molar refractivity (Wildman–Crippen MR) is 70.7 cm³/mol. The first kappa shape index (κ1) is 12.6. The Balaban J connectivity index is 1.93. The lowest BCUT2D eigenvalue weighted by Crippen LogP contribution is -2.40. The van der Waals surface area contributed by atoms with E-state index in [0.29, 0.717) is 12.1 Å². The fourth-order valence-corrected chi connectivity index (χ4v) is 2.04. The third kappa shape index (κ3) is 2.88. The average molecular weight is 246 g/mol. The van der Waals surface area contributed by atoms with Crippen LogP contribution in [0, 0.1) is 6.92 Å². The maximum absolute atomic E-state index is 12.0. The normalized spacial score (nSPS) is 22.3. The molecule has 1 atom stereocenters. The van der Waals surface area contributed by atoms with E-state index in [1.54, 1.807) is 0 Å². The molecule has 4 heteroatoms.